The fraction of sp³-hybridized carbons (Fsp3) is 0.375. The zero-order chi connectivity index (χ0) is 18.3. The van der Waals surface area contributed by atoms with Crippen molar-refractivity contribution in [2.75, 3.05) is 13.1 Å². The molecular formula is C16H15F3N2O3S. The van der Waals surface area contributed by atoms with Gasteiger partial charge in [-0.15, -0.1) is 11.3 Å². The van der Waals surface area contributed by atoms with Crippen molar-refractivity contribution in [3.05, 3.63) is 34.6 Å². The molecule has 2 atom stereocenters. The van der Waals surface area contributed by atoms with Gasteiger partial charge in [0.2, 0.25) is 5.82 Å². The number of piperidine rings is 1. The van der Waals surface area contributed by atoms with Crippen LogP contribution in [0, 0.1) is 23.4 Å². The molecule has 0 bridgehead atoms. The summed E-state index contributed by atoms with van der Waals surface area (Å²) in [5.41, 5.74) is -0.414. The van der Waals surface area contributed by atoms with E-state index in [-0.39, 0.29) is 21.7 Å². The molecule has 2 aromatic rings. The lowest BCUT2D eigenvalue weighted by atomic mass is 9.97. The number of aromatic hydroxyl groups is 1. The number of likely N-dealkylation sites (tertiary alicyclic amines) is 1. The van der Waals surface area contributed by atoms with Crippen molar-refractivity contribution >= 4 is 17.2 Å². The first-order valence-corrected chi connectivity index (χ1v) is 8.41. The molecule has 134 valence electrons. The van der Waals surface area contributed by atoms with Crippen molar-refractivity contribution < 1.29 is 28.2 Å². The standard InChI is InChI=1S/C16H15F3N2O3S/c1-7-6-21(3-2-10(7)22)16(24)11-5-20-15(25-11)8-4-9(17)13(19)14(23)12(8)18/h4-5,7,10,22-23H,2-3,6H2,1H3/t7-,10+/m1/s1. The fourth-order valence-corrected chi connectivity index (χ4v) is 3.61. The van der Waals surface area contributed by atoms with Crippen LogP contribution in [0.1, 0.15) is 23.0 Å². The number of hydrogen-bond donors (Lipinski definition) is 2. The van der Waals surface area contributed by atoms with Gasteiger partial charge in [-0.2, -0.15) is 4.39 Å². The van der Waals surface area contributed by atoms with Crippen LogP contribution in [0.15, 0.2) is 12.3 Å². The Hall–Kier alpha value is -2.13. The molecular weight excluding hydrogens is 357 g/mol. The van der Waals surface area contributed by atoms with Gasteiger partial charge in [-0.3, -0.25) is 4.79 Å². The highest BCUT2D eigenvalue weighted by molar-refractivity contribution is 7.16. The van der Waals surface area contributed by atoms with E-state index in [0.717, 1.165) is 11.3 Å². The fourth-order valence-electron chi connectivity index (χ4n) is 2.72. The van der Waals surface area contributed by atoms with Gasteiger partial charge in [0.25, 0.3) is 5.91 Å². The number of phenolic OH excluding ortho intramolecular Hbond substituents is 1. The maximum absolute atomic E-state index is 14.0. The molecule has 1 aromatic heterocycles. The van der Waals surface area contributed by atoms with E-state index >= 15 is 0 Å². The number of benzene rings is 1. The van der Waals surface area contributed by atoms with Gasteiger partial charge in [0.1, 0.15) is 9.88 Å². The van der Waals surface area contributed by atoms with Crippen molar-refractivity contribution in [2.24, 2.45) is 5.92 Å². The number of amides is 1. The number of aliphatic hydroxyl groups excluding tert-OH is 1. The van der Waals surface area contributed by atoms with Crippen LogP contribution in [-0.4, -0.2) is 45.2 Å². The maximum atomic E-state index is 14.0. The highest BCUT2D eigenvalue weighted by Crippen LogP contribution is 2.35. The summed E-state index contributed by atoms with van der Waals surface area (Å²) >= 11 is 0.822. The minimum Gasteiger partial charge on any atom is -0.503 e. The smallest absolute Gasteiger partial charge is 0.265 e. The van der Waals surface area contributed by atoms with Crippen molar-refractivity contribution in [3.8, 4) is 16.3 Å². The van der Waals surface area contributed by atoms with Crippen LogP contribution in [0.4, 0.5) is 13.2 Å². The van der Waals surface area contributed by atoms with Crippen molar-refractivity contribution in [2.45, 2.75) is 19.4 Å². The van der Waals surface area contributed by atoms with Gasteiger partial charge >= 0.3 is 0 Å². The summed E-state index contributed by atoms with van der Waals surface area (Å²) in [6.07, 6.45) is 1.24. The van der Waals surface area contributed by atoms with E-state index < -0.39 is 34.9 Å². The van der Waals surface area contributed by atoms with E-state index in [9.17, 15) is 28.2 Å². The molecule has 5 nitrogen and oxygen atoms in total. The third-order valence-electron chi connectivity index (χ3n) is 4.23. The molecule has 1 saturated heterocycles. The normalized spacial score (nSPS) is 20.8. The molecule has 1 aromatic carbocycles. The molecule has 1 aliphatic heterocycles. The summed E-state index contributed by atoms with van der Waals surface area (Å²) in [6.45, 7) is 2.60. The van der Waals surface area contributed by atoms with E-state index in [1.165, 1.54) is 6.20 Å². The quantitative estimate of drug-likeness (QED) is 0.795. The molecule has 0 radical (unpaired) electrons. The SMILES string of the molecule is C[C@@H]1CN(C(=O)c2cnc(-c3cc(F)c(F)c(O)c3F)s2)CC[C@@H]1O. The largest absolute Gasteiger partial charge is 0.503 e. The Bertz CT molecular complexity index is 827. The average molecular weight is 372 g/mol. The Balaban J connectivity index is 1.87. The van der Waals surface area contributed by atoms with Crippen molar-refractivity contribution in [1.29, 1.82) is 0 Å². The zero-order valence-electron chi connectivity index (χ0n) is 13.2. The number of hydrogen-bond acceptors (Lipinski definition) is 5. The highest BCUT2D eigenvalue weighted by Gasteiger charge is 2.29. The van der Waals surface area contributed by atoms with E-state index in [4.69, 9.17) is 0 Å². The molecule has 1 fully saturated rings. The van der Waals surface area contributed by atoms with Gasteiger partial charge in [0.05, 0.1) is 17.9 Å². The summed E-state index contributed by atoms with van der Waals surface area (Å²) in [6, 6.07) is 0.594. The number of phenols is 1. The van der Waals surface area contributed by atoms with Gasteiger partial charge in [-0.05, 0) is 18.4 Å². The minimum atomic E-state index is -1.67. The number of carbonyl (C=O) groups excluding carboxylic acids is 1. The number of aliphatic hydroxyl groups is 1. The molecule has 3 rings (SSSR count). The number of halogens is 3. The second kappa shape index (κ2) is 6.64. The number of carbonyl (C=O) groups is 1. The summed E-state index contributed by atoms with van der Waals surface area (Å²) in [5, 5.41) is 19.0. The monoisotopic (exact) mass is 372 g/mol. The Kier molecular flexibility index (Phi) is 4.70. The minimum absolute atomic E-state index is 0.0415. The van der Waals surface area contributed by atoms with Crippen molar-refractivity contribution in [1.82, 2.24) is 9.88 Å². The van der Waals surface area contributed by atoms with Crippen LogP contribution in [-0.2, 0) is 0 Å². The summed E-state index contributed by atoms with van der Waals surface area (Å²) in [7, 11) is 0. The molecule has 9 heteroatoms. The highest BCUT2D eigenvalue weighted by atomic mass is 32.1. The third-order valence-corrected chi connectivity index (χ3v) is 5.25. The third kappa shape index (κ3) is 3.21. The first-order chi connectivity index (χ1) is 11.8. The second-order valence-corrected chi connectivity index (χ2v) is 7.03. The first-order valence-electron chi connectivity index (χ1n) is 7.59. The number of aromatic nitrogens is 1. The van der Waals surface area contributed by atoms with Crippen LogP contribution in [0.5, 0.6) is 5.75 Å². The van der Waals surface area contributed by atoms with Crippen LogP contribution < -0.4 is 0 Å². The molecule has 2 N–H and O–H groups in total. The lowest BCUT2D eigenvalue weighted by Crippen LogP contribution is -2.44. The van der Waals surface area contributed by atoms with Gasteiger partial charge in [0.15, 0.2) is 17.4 Å². The van der Waals surface area contributed by atoms with E-state index in [2.05, 4.69) is 4.98 Å². The van der Waals surface area contributed by atoms with E-state index in [0.29, 0.717) is 25.6 Å². The molecule has 0 unspecified atom stereocenters. The van der Waals surface area contributed by atoms with Crippen LogP contribution in [0.3, 0.4) is 0 Å². The molecule has 0 saturated carbocycles. The van der Waals surface area contributed by atoms with Gasteiger partial charge in [-0.25, -0.2) is 13.8 Å². The average Bonchev–Trinajstić information content (AvgIpc) is 3.07. The van der Waals surface area contributed by atoms with Crippen LogP contribution in [0.2, 0.25) is 0 Å². The Morgan fingerprint density at radius 3 is 2.76 bits per heavy atom. The predicted octanol–water partition coefficient (Wildman–Crippen LogP) is 2.78. The van der Waals surface area contributed by atoms with Gasteiger partial charge < -0.3 is 15.1 Å². The van der Waals surface area contributed by atoms with Crippen LogP contribution in [0.25, 0.3) is 10.6 Å². The molecule has 0 spiro atoms. The predicted molar refractivity (Wildman–Crippen MR) is 84.8 cm³/mol. The Morgan fingerprint density at radius 1 is 1.36 bits per heavy atom. The molecule has 0 aliphatic carbocycles. The van der Waals surface area contributed by atoms with Gasteiger partial charge in [-0.1, -0.05) is 6.92 Å². The summed E-state index contributed by atoms with van der Waals surface area (Å²) < 4.78 is 40.6. The Morgan fingerprint density at radius 2 is 2.08 bits per heavy atom. The molecule has 1 aliphatic rings. The topological polar surface area (TPSA) is 73.7 Å². The van der Waals surface area contributed by atoms with Crippen molar-refractivity contribution in [3.63, 3.8) is 0 Å². The Labute approximate surface area is 145 Å². The zero-order valence-corrected chi connectivity index (χ0v) is 14.0. The number of nitrogens with zero attached hydrogens (tertiary/aromatic N) is 2. The first kappa shape index (κ1) is 17.7. The second-order valence-electron chi connectivity index (χ2n) is 6.00. The number of rotatable bonds is 2. The number of thiazole rings is 1. The summed E-state index contributed by atoms with van der Waals surface area (Å²) in [5.74, 6) is -6.22. The van der Waals surface area contributed by atoms with E-state index in [1.807, 2.05) is 6.92 Å². The molecule has 2 heterocycles. The molecule has 1 amide bonds. The summed E-state index contributed by atoms with van der Waals surface area (Å²) in [4.78, 5) is 18.2. The molecule has 25 heavy (non-hydrogen) atoms. The van der Waals surface area contributed by atoms with Crippen LogP contribution >= 0.6 is 11.3 Å². The lowest BCUT2D eigenvalue weighted by Gasteiger charge is -2.34. The maximum Gasteiger partial charge on any atom is 0.265 e. The van der Waals surface area contributed by atoms with Gasteiger partial charge in [0, 0.05) is 13.1 Å². The lowest BCUT2D eigenvalue weighted by molar-refractivity contribution is 0.0300. The van der Waals surface area contributed by atoms with E-state index in [1.54, 1.807) is 4.90 Å².